The summed E-state index contributed by atoms with van der Waals surface area (Å²) in [5.41, 5.74) is 0. The van der Waals surface area contributed by atoms with Crippen molar-refractivity contribution < 1.29 is 10.4 Å². The molecule has 0 amide bonds. The third kappa shape index (κ3) is 2.85. The predicted molar refractivity (Wildman–Crippen MR) is 66.6 cm³/mol. The van der Waals surface area contributed by atoms with Crippen molar-refractivity contribution in [2.45, 2.75) is 5.37 Å². The molecule has 2 heterocycles. The molecule has 0 saturated carbocycles. The Morgan fingerprint density at radius 3 is 2.88 bits per heavy atom. The summed E-state index contributed by atoms with van der Waals surface area (Å²) < 4.78 is 0. The number of hydrogen-bond donors (Lipinski definition) is 2. The molecule has 0 spiro atoms. The van der Waals surface area contributed by atoms with Crippen LogP contribution in [0.5, 0.6) is 0 Å². The minimum absolute atomic E-state index is 0.129. The van der Waals surface area contributed by atoms with E-state index >= 15 is 0 Å². The molecule has 0 bridgehead atoms. The maximum absolute atomic E-state index is 9.54. The monoisotopic (exact) mass is 256 g/mol. The van der Waals surface area contributed by atoms with Crippen molar-refractivity contribution in [3.05, 3.63) is 47.7 Å². The van der Waals surface area contributed by atoms with E-state index in [0.717, 1.165) is 10.1 Å². The molecular weight excluding hydrogens is 244 g/mol. The van der Waals surface area contributed by atoms with Gasteiger partial charge in [0, 0.05) is 6.20 Å². The van der Waals surface area contributed by atoms with E-state index in [1.807, 2.05) is 30.4 Å². The van der Waals surface area contributed by atoms with Gasteiger partial charge >= 0.3 is 0 Å². The summed E-state index contributed by atoms with van der Waals surface area (Å²) in [7, 11) is 2.90. The van der Waals surface area contributed by atoms with Gasteiger partial charge in [0.2, 0.25) is 0 Å². The van der Waals surface area contributed by atoms with E-state index < -0.39 is 0 Å². The van der Waals surface area contributed by atoms with E-state index in [9.17, 15) is 10.4 Å². The number of rotatable bonds is 3. The van der Waals surface area contributed by atoms with E-state index in [0.29, 0.717) is 6.54 Å². The van der Waals surface area contributed by atoms with Crippen molar-refractivity contribution in [1.29, 1.82) is 0 Å². The fourth-order valence-electron chi connectivity index (χ4n) is 1.20. The quantitative estimate of drug-likeness (QED) is 0.757. The van der Waals surface area contributed by atoms with Gasteiger partial charge < -0.3 is 0 Å². The molecule has 2 rings (SSSR count). The Bertz CT molecular complexity index is 366. The lowest BCUT2D eigenvalue weighted by Gasteiger charge is -2.25. The summed E-state index contributed by atoms with van der Waals surface area (Å²) in [4.78, 5) is 0. The zero-order valence-corrected chi connectivity index (χ0v) is 10.1. The third-order valence-corrected chi connectivity index (χ3v) is 4.60. The standard InChI is InChI=1S/C10H12N2O2S2/c13-11-7-3-1-5-9(11)15-16-10-6-2-4-8-12(10)14/h1-7,9,13-14H,8H2. The lowest BCUT2D eigenvalue weighted by Crippen LogP contribution is -2.24. The van der Waals surface area contributed by atoms with Gasteiger partial charge in [-0.3, -0.25) is 10.4 Å². The van der Waals surface area contributed by atoms with Crippen LogP contribution in [0.15, 0.2) is 47.7 Å². The molecule has 0 aromatic rings. The third-order valence-electron chi connectivity index (χ3n) is 2.03. The molecule has 0 aliphatic carbocycles. The zero-order chi connectivity index (χ0) is 11.4. The first-order chi connectivity index (χ1) is 7.77. The van der Waals surface area contributed by atoms with Gasteiger partial charge in [-0.15, -0.1) is 0 Å². The van der Waals surface area contributed by atoms with Crippen molar-refractivity contribution in [1.82, 2.24) is 10.1 Å². The minimum Gasteiger partial charge on any atom is -0.288 e. The number of hydroxylamine groups is 4. The van der Waals surface area contributed by atoms with Crippen LogP contribution in [0.4, 0.5) is 0 Å². The van der Waals surface area contributed by atoms with Crippen molar-refractivity contribution >= 4 is 21.6 Å². The maximum atomic E-state index is 9.54. The van der Waals surface area contributed by atoms with E-state index in [1.54, 1.807) is 12.3 Å². The Balaban J connectivity index is 1.87. The van der Waals surface area contributed by atoms with E-state index in [2.05, 4.69) is 0 Å². The number of nitrogens with zero attached hydrogens (tertiary/aromatic N) is 2. The molecule has 2 aliphatic rings. The normalized spacial score (nSPS) is 23.9. The molecular formula is C10H12N2O2S2. The molecule has 0 saturated heterocycles. The van der Waals surface area contributed by atoms with E-state index in [1.165, 1.54) is 26.7 Å². The van der Waals surface area contributed by atoms with Gasteiger partial charge in [-0.2, -0.15) is 0 Å². The first-order valence-corrected chi connectivity index (χ1v) is 6.97. The molecule has 16 heavy (non-hydrogen) atoms. The zero-order valence-electron chi connectivity index (χ0n) is 8.43. The molecule has 6 heteroatoms. The second kappa shape index (κ2) is 5.49. The minimum atomic E-state index is -0.129. The SMILES string of the molecule is ON1CC=CC=C1SSC1C=CC=CN1O. The van der Waals surface area contributed by atoms with Gasteiger partial charge in [0.1, 0.15) is 10.4 Å². The van der Waals surface area contributed by atoms with Gasteiger partial charge in [0.25, 0.3) is 0 Å². The van der Waals surface area contributed by atoms with Crippen LogP contribution in [-0.2, 0) is 0 Å². The molecule has 4 nitrogen and oxygen atoms in total. The van der Waals surface area contributed by atoms with Gasteiger partial charge in [0.15, 0.2) is 0 Å². The second-order valence-electron chi connectivity index (χ2n) is 3.19. The molecule has 0 aromatic heterocycles. The molecule has 0 aromatic carbocycles. The predicted octanol–water partition coefficient (Wildman–Crippen LogP) is 2.57. The lowest BCUT2D eigenvalue weighted by atomic mass is 10.4. The van der Waals surface area contributed by atoms with Gasteiger partial charge in [0.05, 0.1) is 6.54 Å². The molecule has 2 aliphatic heterocycles. The van der Waals surface area contributed by atoms with Crippen LogP contribution in [0.1, 0.15) is 0 Å². The topological polar surface area (TPSA) is 46.9 Å². The van der Waals surface area contributed by atoms with E-state index in [-0.39, 0.29) is 5.37 Å². The van der Waals surface area contributed by atoms with Crippen LogP contribution in [0.2, 0.25) is 0 Å². The average Bonchev–Trinajstić information content (AvgIpc) is 2.30. The molecule has 0 fully saturated rings. The van der Waals surface area contributed by atoms with Gasteiger partial charge in [-0.05, 0) is 29.0 Å². The molecule has 1 atom stereocenters. The van der Waals surface area contributed by atoms with Crippen molar-refractivity contribution in [3.63, 3.8) is 0 Å². The summed E-state index contributed by atoms with van der Waals surface area (Å²) in [6, 6.07) is 0. The smallest absolute Gasteiger partial charge is 0.130 e. The summed E-state index contributed by atoms with van der Waals surface area (Å²) in [5.74, 6) is 0. The average molecular weight is 256 g/mol. The Morgan fingerprint density at radius 2 is 2.12 bits per heavy atom. The molecule has 2 N–H and O–H groups in total. The van der Waals surface area contributed by atoms with Crippen LogP contribution in [0.3, 0.4) is 0 Å². The van der Waals surface area contributed by atoms with Crippen LogP contribution >= 0.6 is 21.6 Å². The lowest BCUT2D eigenvalue weighted by molar-refractivity contribution is -0.0405. The highest BCUT2D eigenvalue weighted by molar-refractivity contribution is 8.78. The van der Waals surface area contributed by atoms with Gasteiger partial charge in [-0.25, -0.2) is 10.1 Å². The first kappa shape index (κ1) is 11.7. The Morgan fingerprint density at radius 1 is 1.25 bits per heavy atom. The highest BCUT2D eigenvalue weighted by Crippen LogP contribution is 2.38. The van der Waals surface area contributed by atoms with Crippen LogP contribution < -0.4 is 0 Å². The molecule has 0 radical (unpaired) electrons. The Labute approximate surface area is 102 Å². The number of allylic oxidation sites excluding steroid dienone is 4. The van der Waals surface area contributed by atoms with Crippen molar-refractivity contribution in [2.24, 2.45) is 0 Å². The maximum Gasteiger partial charge on any atom is 0.130 e. The summed E-state index contributed by atoms with van der Waals surface area (Å²) in [6.07, 6.45) is 12.8. The number of hydrogen-bond acceptors (Lipinski definition) is 6. The highest BCUT2D eigenvalue weighted by atomic mass is 33.1. The van der Waals surface area contributed by atoms with Crippen LogP contribution in [0.25, 0.3) is 0 Å². The fourth-order valence-corrected chi connectivity index (χ4v) is 3.48. The summed E-state index contributed by atoms with van der Waals surface area (Å²) in [5, 5.41) is 22.0. The fraction of sp³-hybridized carbons (Fsp3) is 0.200. The summed E-state index contributed by atoms with van der Waals surface area (Å²) in [6.45, 7) is 0.503. The first-order valence-electron chi connectivity index (χ1n) is 4.76. The van der Waals surface area contributed by atoms with E-state index in [4.69, 9.17) is 0 Å². The van der Waals surface area contributed by atoms with Crippen LogP contribution in [-0.4, -0.2) is 32.5 Å². The van der Waals surface area contributed by atoms with Crippen molar-refractivity contribution in [3.8, 4) is 0 Å². The second-order valence-corrected chi connectivity index (χ2v) is 5.53. The van der Waals surface area contributed by atoms with Gasteiger partial charge in [-0.1, -0.05) is 29.0 Å². The molecule has 1 unspecified atom stereocenters. The Kier molecular flexibility index (Phi) is 4.00. The van der Waals surface area contributed by atoms with Crippen molar-refractivity contribution in [2.75, 3.05) is 6.54 Å². The largest absolute Gasteiger partial charge is 0.288 e. The highest BCUT2D eigenvalue weighted by Gasteiger charge is 2.16. The summed E-state index contributed by atoms with van der Waals surface area (Å²) >= 11 is 0. The molecule has 86 valence electrons. The Hall–Kier alpha value is -0.820. The van der Waals surface area contributed by atoms with Crippen LogP contribution in [0, 0.1) is 0 Å².